The molecule has 0 N–H and O–H groups in total. The molecule has 2 heterocycles. The van der Waals surface area contributed by atoms with Gasteiger partial charge in [0.1, 0.15) is 12.1 Å². The summed E-state index contributed by atoms with van der Waals surface area (Å²) in [6, 6.07) is 20.6. The van der Waals surface area contributed by atoms with E-state index in [0.29, 0.717) is 58.8 Å². The lowest BCUT2D eigenvalue weighted by Gasteiger charge is -2.46. The first-order valence-electron chi connectivity index (χ1n) is 22.5. The van der Waals surface area contributed by atoms with Gasteiger partial charge in [0.2, 0.25) is 0 Å². The Morgan fingerprint density at radius 2 is 0.818 bits per heavy atom. The van der Waals surface area contributed by atoms with Gasteiger partial charge in [0.15, 0.2) is 46.0 Å². The van der Waals surface area contributed by atoms with Crippen LogP contribution in [0.15, 0.2) is 72.8 Å². The second kappa shape index (κ2) is 22.4. The summed E-state index contributed by atoms with van der Waals surface area (Å²) >= 11 is 0. The molecule has 0 aliphatic carbocycles. The summed E-state index contributed by atoms with van der Waals surface area (Å²) < 4.78 is 57.7. The van der Waals surface area contributed by atoms with Crippen molar-refractivity contribution >= 4 is 11.9 Å². The van der Waals surface area contributed by atoms with Crippen LogP contribution in [0.3, 0.4) is 0 Å². The Labute approximate surface area is 390 Å². The number of carbonyl (C=O) groups is 2. The average Bonchev–Trinajstić information content (AvgIpc) is 3.34. The average molecular weight is 913 g/mol. The molecule has 4 unspecified atom stereocenters. The minimum Gasteiger partial charge on any atom is -0.493 e. The fourth-order valence-corrected chi connectivity index (χ4v) is 9.75. The number of methoxy groups -OCH3 is 8. The minimum atomic E-state index is -0.590. The van der Waals surface area contributed by atoms with Crippen LogP contribution in [0, 0.1) is 0 Å². The summed E-state index contributed by atoms with van der Waals surface area (Å²) in [7, 11) is 17.7. The molecule has 4 aromatic rings. The number of hydrogen-bond donors (Lipinski definition) is 0. The molecule has 2 aliphatic heterocycles. The van der Waals surface area contributed by atoms with Crippen molar-refractivity contribution in [3.8, 4) is 46.0 Å². The number of hydrogen-bond acceptors (Lipinski definition) is 12. The monoisotopic (exact) mass is 912 g/mol. The molecule has 6 rings (SSSR count). The molecule has 0 radical (unpaired) electrons. The lowest BCUT2D eigenvalue weighted by Crippen LogP contribution is -2.52. The van der Waals surface area contributed by atoms with Gasteiger partial charge in [-0.25, -0.2) is 9.59 Å². The Kier molecular flexibility index (Phi) is 16.7. The maximum absolute atomic E-state index is 12.8. The lowest BCUT2D eigenvalue weighted by molar-refractivity contribution is -0.941. The number of fused-ring (bicyclic) bond motifs is 2. The van der Waals surface area contributed by atoms with E-state index in [2.05, 4.69) is 50.5 Å². The van der Waals surface area contributed by atoms with Gasteiger partial charge in [0.05, 0.1) is 110 Å². The Hall–Kier alpha value is -6.12. The number of ether oxygens (including phenoxy) is 10. The summed E-state index contributed by atoms with van der Waals surface area (Å²) in [5.74, 6) is 4.31. The van der Waals surface area contributed by atoms with E-state index < -0.39 is 11.9 Å². The summed E-state index contributed by atoms with van der Waals surface area (Å²) in [6.07, 6.45) is 6.73. The van der Waals surface area contributed by atoms with E-state index in [0.717, 1.165) is 84.1 Å². The third-order valence-corrected chi connectivity index (χ3v) is 13.5. The molecule has 2 aliphatic rings. The first kappa shape index (κ1) is 49.3. The third-order valence-electron chi connectivity index (χ3n) is 13.5. The van der Waals surface area contributed by atoms with Crippen molar-refractivity contribution in [3.63, 3.8) is 0 Å². The zero-order valence-electron chi connectivity index (χ0n) is 40.4. The SMILES string of the molecule is COc1ccc(CC2c3cc(OC)c(OC)cc3CC[N+]2(C)CCCOC(=O)/C=C/C(=O)OCCC[N+]2(C)CCc3cc(OC)c(OC)cc3C2Cc2ccc(OC)c(OC)c2)cc1OC. The van der Waals surface area contributed by atoms with E-state index in [9.17, 15) is 9.59 Å². The molecular formula is C52H68N2O12+2. The topological polar surface area (TPSA) is 126 Å². The molecule has 0 amide bonds. The summed E-state index contributed by atoms with van der Waals surface area (Å²) in [4.78, 5) is 25.6. The van der Waals surface area contributed by atoms with Crippen molar-refractivity contribution in [1.29, 1.82) is 0 Å². The van der Waals surface area contributed by atoms with E-state index in [1.54, 1.807) is 56.9 Å². The third kappa shape index (κ3) is 11.3. The minimum absolute atomic E-state index is 0.0726. The van der Waals surface area contributed by atoms with Crippen LogP contribution in [0.5, 0.6) is 46.0 Å². The van der Waals surface area contributed by atoms with Gasteiger partial charge in [-0.2, -0.15) is 0 Å². The van der Waals surface area contributed by atoms with Gasteiger partial charge in [0, 0.05) is 61.8 Å². The predicted octanol–water partition coefficient (Wildman–Crippen LogP) is 7.45. The highest BCUT2D eigenvalue weighted by molar-refractivity contribution is 5.91. The number of carbonyl (C=O) groups excluding carboxylic acids is 2. The Morgan fingerprint density at radius 3 is 1.17 bits per heavy atom. The summed E-state index contributed by atoms with van der Waals surface area (Å²) in [5.41, 5.74) is 7.06. The van der Waals surface area contributed by atoms with Crippen molar-refractivity contribution in [2.45, 2.75) is 50.6 Å². The van der Waals surface area contributed by atoms with E-state index in [-0.39, 0.29) is 25.3 Å². The smallest absolute Gasteiger partial charge is 0.331 e. The number of rotatable bonds is 22. The molecular weight excluding hydrogens is 845 g/mol. The van der Waals surface area contributed by atoms with Gasteiger partial charge in [-0.3, -0.25) is 0 Å². The van der Waals surface area contributed by atoms with Crippen LogP contribution in [0.1, 0.15) is 58.3 Å². The van der Waals surface area contributed by atoms with Crippen LogP contribution in [0.2, 0.25) is 0 Å². The standard InChI is InChI=1S/C52H68N2O12/c1-53(23-19-37-31-47(61-7)49(63-9)33-39(37)41(53)27-35-13-15-43(57-3)45(29-35)59-5)21-11-25-65-51(55)17-18-52(56)66-26-12-22-54(2)24-20-38-32-48(62-8)50(64-10)34-40(38)42(54)28-36-14-16-44(58-4)46(30-36)60-6/h13-18,29-34,41-42H,11-12,19-28H2,1-10H3/q+2/b18-17+. The fourth-order valence-electron chi connectivity index (χ4n) is 9.75. The lowest BCUT2D eigenvalue weighted by atomic mass is 9.86. The van der Waals surface area contributed by atoms with Crippen molar-refractivity contribution < 1.29 is 65.9 Å². The molecule has 0 bridgehead atoms. The van der Waals surface area contributed by atoms with E-state index in [4.69, 9.17) is 47.4 Å². The fraction of sp³-hybridized carbons (Fsp3) is 0.462. The summed E-state index contributed by atoms with van der Waals surface area (Å²) in [6.45, 7) is 3.69. The predicted molar refractivity (Wildman–Crippen MR) is 251 cm³/mol. The van der Waals surface area contributed by atoms with Crippen LogP contribution in [-0.4, -0.2) is 131 Å². The number of benzene rings is 4. The number of nitrogens with zero attached hydrogens (tertiary/aromatic N) is 2. The molecule has 14 nitrogen and oxygen atoms in total. The molecule has 4 aromatic carbocycles. The zero-order valence-corrected chi connectivity index (χ0v) is 40.4. The van der Waals surface area contributed by atoms with Gasteiger partial charge in [-0.05, 0) is 70.8 Å². The van der Waals surface area contributed by atoms with E-state index in [1.807, 2.05) is 24.3 Å². The number of quaternary nitrogens is 2. The van der Waals surface area contributed by atoms with Gasteiger partial charge in [-0.15, -0.1) is 0 Å². The van der Waals surface area contributed by atoms with E-state index >= 15 is 0 Å². The molecule has 66 heavy (non-hydrogen) atoms. The van der Waals surface area contributed by atoms with Crippen molar-refractivity contribution in [3.05, 3.63) is 106 Å². The number of esters is 2. The maximum Gasteiger partial charge on any atom is 0.331 e. The van der Waals surface area contributed by atoms with Crippen molar-refractivity contribution in [2.24, 2.45) is 0 Å². The second-order valence-electron chi connectivity index (χ2n) is 17.4. The highest BCUT2D eigenvalue weighted by Crippen LogP contribution is 2.45. The maximum atomic E-state index is 12.8. The molecule has 4 atom stereocenters. The van der Waals surface area contributed by atoms with Crippen LogP contribution < -0.4 is 37.9 Å². The first-order chi connectivity index (χ1) is 31.9. The largest absolute Gasteiger partial charge is 0.493 e. The second-order valence-corrected chi connectivity index (χ2v) is 17.4. The van der Waals surface area contributed by atoms with Crippen LogP contribution in [0.25, 0.3) is 0 Å². The summed E-state index contributed by atoms with van der Waals surface area (Å²) in [5, 5.41) is 0. The molecule has 356 valence electrons. The zero-order chi connectivity index (χ0) is 47.4. The molecule has 0 saturated heterocycles. The number of likely N-dealkylation sites (N-methyl/N-ethyl adjacent to an activating group) is 2. The highest BCUT2D eigenvalue weighted by atomic mass is 16.5. The Balaban J connectivity index is 1.04. The molecule has 0 aromatic heterocycles. The van der Waals surface area contributed by atoms with E-state index in [1.165, 1.54) is 22.3 Å². The Bertz CT molecular complexity index is 2190. The van der Waals surface area contributed by atoms with Gasteiger partial charge in [-0.1, -0.05) is 12.1 Å². The molecule has 14 heteroatoms. The van der Waals surface area contributed by atoms with Crippen LogP contribution >= 0.6 is 0 Å². The van der Waals surface area contributed by atoms with Crippen LogP contribution in [0.4, 0.5) is 0 Å². The Morgan fingerprint density at radius 1 is 0.485 bits per heavy atom. The molecule has 0 saturated carbocycles. The normalized spacial score (nSPS) is 19.8. The van der Waals surface area contributed by atoms with Crippen LogP contribution in [-0.2, 0) is 44.7 Å². The van der Waals surface area contributed by atoms with Gasteiger partial charge >= 0.3 is 11.9 Å². The van der Waals surface area contributed by atoms with Gasteiger partial charge < -0.3 is 56.3 Å². The molecule has 0 fully saturated rings. The highest BCUT2D eigenvalue weighted by Gasteiger charge is 2.41. The molecule has 0 spiro atoms. The van der Waals surface area contributed by atoms with Crippen molar-refractivity contribution in [1.82, 2.24) is 0 Å². The van der Waals surface area contributed by atoms with Crippen molar-refractivity contribution in [2.75, 3.05) is 110 Å². The van der Waals surface area contributed by atoms with Gasteiger partial charge in [0.25, 0.3) is 0 Å². The first-order valence-corrected chi connectivity index (χ1v) is 22.5. The quantitative estimate of drug-likeness (QED) is 0.0337.